The molecule has 19 heavy (non-hydrogen) atoms. The Hall–Kier alpha value is -0.710. The molecule has 10 heteroatoms. The smallest absolute Gasteiger partial charge is 0.310 e. The average Bonchev–Trinajstić information content (AvgIpc) is 2.84. The predicted molar refractivity (Wildman–Crippen MR) is 64.8 cm³/mol. The van der Waals surface area contributed by atoms with Crippen LogP contribution in [-0.2, 0) is 29.4 Å². The summed E-state index contributed by atoms with van der Waals surface area (Å²) < 4.78 is 53.8. The lowest BCUT2D eigenvalue weighted by atomic mass is 10.1. The molecule has 2 aliphatic rings. The van der Waals surface area contributed by atoms with Crippen LogP contribution < -0.4 is 4.72 Å². The molecular formula is C9H15NO7S2. The summed E-state index contributed by atoms with van der Waals surface area (Å²) in [6.07, 6.45) is 0.0446. The molecule has 3 atom stereocenters. The molecule has 2 N–H and O–H groups in total. The molecule has 0 saturated carbocycles. The van der Waals surface area contributed by atoms with Gasteiger partial charge in [0.1, 0.15) is 0 Å². The first-order valence-corrected chi connectivity index (χ1v) is 9.10. The van der Waals surface area contributed by atoms with E-state index in [2.05, 4.69) is 4.72 Å². The van der Waals surface area contributed by atoms with Crippen LogP contribution >= 0.6 is 0 Å². The fourth-order valence-corrected chi connectivity index (χ4v) is 6.53. The van der Waals surface area contributed by atoms with Gasteiger partial charge >= 0.3 is 5.97 Å². The second-order valence-corrected chi connectivity index (χ2v) is 9.00. The molecule has 2 aliphatic heterocycles. The van der Waals surface area contributed by atoms with Gasteiger partial charge in [-0.2, -0.15) is 0 Å². The van der Waals surface area contributed by atoms with Gasteiger partial charge in [0.25, 0.3) is 0 Å². The SMILES string of the molecule is O=C(O)C1COCC1NS(=O)(=O)C1CCS(=O)(=O)C1. The summed E-state index contributed by atoms with van der Waals surface area (Å²) in [4.78, 5) is 10.9. The fourth-order valence-electron chi connectivity index (χ4n) is 2.23. The molecule has 8 nitrogen and oxygen atoms in total. The number of hydrogen-bond donors (Lipinski definition) is 2. The number of ether oxygens (including phenoxy) is 1. The standard InChI is InChI=1S/C9H15NO7S2/c11-9(12)7-3-17-4-8(7)10-19(15,16)6-1-2-18(13,14)5-6/h6-8,10H,1-5H2,(H,11,12). The number of aliphatic carboxylic acids is 1. The molecule has 110 valence electrons. The van der Waals surface area contributed by atoms with E-state index in [9.17, 15) is 21.6 Å². The highest BCUT2D eigenvalue weighted by Crippen LogP contribution is 2.21. The van der Waals surface area contributed by atoms with Crippen LogP contribution in [0.3, 0.4) is 0 Å². The van der Waals surface area contributed by atoms with E-state index in [1.54, 1.807) is 0 Å². The number of sulfone groups is 1. The van der Waals surface area contributed by atoms with Crippen molar-refractivity contribution in [3.05, 3.63) is 0 Å². The van der Waals surface area contributed by atoms with Gasteiger partial charge < -0.3 is 9.84 Å². The highest BCUT2D eigenvalue weighted by atomic mass is 32.2. The molecule has 0 spiro atoms. The molecular weight excluding hydrogens is 298 g/mol. The minimum Gasteiger partial charge on any atom is -0.481 e. The van der Waals surface area contributed by atoms with E-state index < -0.39 is 48.8 Å². The molecule has 2 saturated heterocycles. The number of hydrogen-bond acceptors (Lipinski definition) is 6. The van der Waals surface area contributed by atoms with Gasteiger partial charge in [0.2, 0.25) is 10.0 Å². The van der Waals surface area contributed by atoms with E-state index in [1.807, 2.05) is 0 Å². The summed E-state index contributed by atoms with van der Waals surface area (Å²) in [6.45, 7) is -0.0683. The van der Waals surface area contributed by atoms with Crippen molar-refractivity contribution in [2.45, 2.75) is 17.7 Å². The number of carboxylic acid groups (broad SMARTS) is 1. The topological polar surface area (TPSA) is 127 Å². The summed E-state index contributed by atoms with van der Waals surface area (Å²) in [6, 6.07) is -0.842. The van der Waals surface area contributed by atoms with Crippen molar-refractivity contribution < 1.29 is 31.5 Å². The largest absolute Gasteiger partial charge is 0.481 e. The molecule has 0 bridgehead atoms. The van der Waals surface area contributed by atoms with Crippen LogP contribution in [-0.4, -0.2) is 63.9 Å². The molecule has 0 aromatic carbocycles. The third-order valence-electron chi connectivity index (χ3n) is 3.34. The van der Waals surface area contributed by atoms with Crippen LogP contribution in [0.25, 0.3) is 0 Å². The molecule has 0 aromatic rings. The van der Waals surface area contributed by atoms with E-state index in [1.165, 1.54) is 0 Å². The van der Waals surface area contributed by atoms with Crippen LogP contribution in [0.1, 0.15) is 6.42 Å². The van der Waals surface area contributed by atoms with Crippen molar-refractivity contribution in [2.75, 3.05) is 24.7 Å². The van der Waals surface area contributed by atoms with Gasteiger partial charge in [-0.1, -0.05) is 0 Å². The zero-order valence-corrected chi connectivity index (χ0v) is 11.6. The second kappa shape index (κ2) is 5.00. The summed E-state index contributed by atoms with van der Waals surface area (Å²) in [5.74, 6) is -2.63. The third-order valence-corrected chi connectivity index (χ3v) is 7.23. The van der Waals surface area contributed by atoms with Gasteiger partial charge in [-0.25, -0.2) is 21.6 Å². The van der Waals surface area contributed by atoms with Gasteiger partial charge in [0.05, 0.1) is 41.9 Å². The Labute approximate surface area is 111 Å². The lowest BCUT2D eigenvalue weighted by Gasteiger charge is -2.18. The van der Waals surface area contributed by atoms with Crippen molar-refractivity contribution in [3.8, 4) is 0 Å². The van der Waals surface area contributed by atoms with Gasteiger partial charge in [-0.05, 0) is 6.42 Å². The van der Waals surface area contributed by atoms with Crippen LogP contribution in [0.2, 0.25) is 0 Å². The first kappa shape index (κ1) is 14.7. The summed E-state index contributed by atoms with van der Waals surface area (Å²) in [5, 5.41) is 7.91. The molecule has 0 amide bonds. The lowest BCUT2D eigenvalue weighted by Crippen LogP contribution is -2.46. The Morgan fingerprint density at radius 3 is 2.53 bits per heavy atom. The van der Waals surface area contributed by atoms with E-state index >= 15 is 0 Å². The first-order chi connectivity index (χ1) is 8.71. The fraction of sp³-hybridized carbons (Fsp3) is 0.889. The molecule has 3 unspecified atom stereocenters. The number of carbonyl (C=O) groups is 1. The lowest BCUT2D eigenvalue weighted by molar-refractivity contribution is -0.142. The van der Waals surface area contributed by atoms with E-state index in [0.29, 0.717) is 0 Å². The normalized spacial score (nSPS) is 34.4. The first-order valence-electron chi connectivity index (χ1n) is 5.73. The quantitative estimate of drug-likeness (QED) is 0.626. The zero-order chi connectivity index (χ0) is 14.3. The van der Waals surface area contributed by atoms with Crippen LogP contribution in [0, 0.1) is 5.92 Å². The Balaban J connectivity index is 2.08. The second-order valence-electron chi connectivity index (χ2n) is 4.78. The molecule has 0 aromatic heterocycles. The minimum absolute atomic E-state index is 0.0182. The minimum atomic E-state index is -3.85. The third kappa shape index (κ3) is 3.25. The van der Waals surface area contributed by atoms with Crippen molar-refractivity contribution in [1.29, 1.82) is 0 Å². The van der Waals surface area contributed by atoms with Crippen molar-refractivity contribution in [1.82, 2.24) is 4.72 Å². The number of rotatable bonds is 4. The number of sulfonamides is 1. The molecule has 2 rings (SSSR count). The van der Waals surface area contributed by atoms with Crippen LogP contribution in [0.15, 0.2) is 0 Å². The molecule has 2 fully saturated rings. The highest BCUT2D eigenvalue weighted by Gasteiger charge is 2.42. The van der Waals surface area contributed by atoms with Crippen LogP contribution in [0.4, 0.5) is 0 Å². The Morgan fingerprint density at radius 1 is 1.32 bits per heavy atom. The van der Waals surface area contributed by atoms with E-state index in [4.69, 9.17) is 9.84 Å². The summed E-state index contributed by atoms with van der Waals surface area (Å²) >= 11 is 0. The van der Waals surface area contributed by atoms with Gasteiger partial charge in [0.15, 0.2) is 9.84 Å². The van der Waals surface area contributed by atoms with Gasteiger partial charge in [-0.15, -0.1) is 0 Å². The predicted octanol–water partition coefficient (Wildman–Crippen LogP) is -1.81. The number of nitrogens with one attached hydrogen (secondary N) is 1. The number of carboxylic acids is 1. The molecule has 2 heterocycles. The maximum absolute atomic E-state index is 12.0. The van der Waals surface area contributed by atoms with Gasteiger partial charge in [0, 0.05) is 0 Å². The van der Waals surface area contributed by atoms with E-state index in [-0.39, 0.29) is 25.4 Å². The van der Waals surface area contributed by atoms with Crippen molar-refractivity contribution >= 4 is 25.8 Å². The summed E-state index contributed by atoms with van der Waals surface area (Å²) in [7, 11) is -7.16. The van der Waals surface area contributed by atoms with Gasteiger partial charge in [-0.3, -0.25) is 4.79 Å². The average molecular weight is 313 g/mol. The maximum atomic E-state index is 12.0. The highest BCUT2D eigenvalue weighted by molar-refractivity contribution is 7.95. The Morgan fingerprint density at radius 2 is 2.00 bits per heavy atom. The van der Waals surface area contributed by atoms with E-state index in [0.717, 1.165) is 0 Å². The van der Waals surface area contributed by atoms with Crippen LogP contribution in [0.5, 0.6) is 0 Å². The molecule has 0 aliphatic carbocycles. The zero-order valence-electron chi connectivity index (χ0n) is 9.98. The molecule has 0 radical (unpaired) electrons. The maximum Gasteiger partial charge on any atom is 0.310 e. The Kier molecular flexibility index (Phi) is 3.87. The van der Waals surface area contributed by atoms with Crippen molar-refractivity contribution in [3.63, 3.8) is 0 Å². The van der Waals surface area contributed by atoms with Crippen molar-refractivity contribution in [2.24, 2.45) is 5.92 Å². The monoisotopic (exact) mass is 313 g/mol. The summed E-state index contributed by atoms with van der Waals surface area (Å²) in [5.41, 5.74) is 0. The Bertz CT molecular complexity index is 567.